The highest BCUT2D eigenvalue weighted by Gasteiger charge is 2.42. The van der Waals surface area contributed by atoms with Gasteiger partial charge in [-0.05, 0) is 165 Å². The number of rotatable bonds is 7. The first-order valence-electron chi connectivity index (χ1n) is 26.7. The van der Waals surface area contributed by atoms with Gasteiger partial charge in [0.25, 0.3) is 0 Å². The second-order valence-electron chi connectivity index (χ2n) is 21.6. The van der Waals surface area contributed by atoms with Crippen LogP contribution in [0.2, 0.25) is 26.2 Å². The molecule has 0 amide bonds. The van der Waals surface area contributed by atoms with Crippen LogP contribution in [0.3, 0.4) is 0 Å². The molecule has 0 bridgehead atoms. The molecule has 0 aliphatic carbocycles. The summed E-state index contributed by atoms with van der Waals surface area (Å²) in [6.07, 6.45) is 0. The lowest BCUT2D eigenvalue weighted by molar-refractivity contribution is 1.29. The monoisotopic (exact) mass is 1000 g/mol. The van der Waals surface area contributed by atoms with Crippen LogP contribution in [0, 0.1) is 0 Å². The summed E-state index contributed by atoms with van der Waals surface area (Å²) in [5, 5.41) is 10.8. The van der Waals surface area contributed by atoms with E-state index in [1.807, 2.05) is 0 Å². The molecule has 0 saturated carbocycles. The summed E-state index contributed by atoms with van der Waals surface area (Å²) in [6, 6.07) is 99.9. The third-order valence-electron chi connectivity index (χ3n) is 16.6. The standard InChI is InChI=1S/C72H56N2Si2/c1-75(2)68-44-16-14-40-64(68)73(54-30-10-6-11-31-54)66-42-22-36-58(71(66)75)52-28-18-26-50(46-52)56-34-20-38-60-62(56)48-63-57(35-21-39-61(63)70(60)49-24-8-5-9-25-49)51-27-19-29-53(47-51)59-37-23-43-67-72(59)76(3,4)69-45-17-15-41-65(69)74(67)55-32-12-7-13-33-55/h5-48H,1-4H3. The number of anilines is 6. The van der Waals surface area contributed by atoms with Gasteiger partial charge in [-0.15, -0.1) is 0 Å². The first kappa shape index (κ1) is 45.8. The van der Waals surface area contributed by atoms with Gasteiger partial charge in [-0.2, -0.15) is 0 Å². The van der Waals surface area contributed by atoms with Crippen LogP contribution in [-0.2, 0) is 0 Å². The van der Waals surface area contributed by atoms with E-state index in [0.29, 0.717) is 0 Å². The van der Waals surface area contributed by atoms with E-state index in [0.717, 1.165) is 0 Å². The zero-order chi connectivity index (χ0) is 51.1. The molecule has 0 spiro atoms. The number of fused-ring (bicyclic) bond motifs is 6. The molecule has 2 nitrogen and oxygen atoms in total. The van der Waals surface area contributed by atoms with E-state index in [4.69, 9.17) is 0 Å². The zero-order valence-corrected chi connectivity index (χ0v) is 45.3. The molecule has 362 valence electrons. The van der Waals surface area contributed by atoms with E-state index in [9.17, 15) is 0 Å². The molecule has 2 heterocycles. The normalized spacial score (nSPS) is 13.9. The highest BCUT2D eigenvalue weighted by Crippen LogP contribution is 2.46. The Balaban J connectivity index is 0.942. The molecule has 4 heteroatoms. The fraction of sp³-hybridized carbons (Fsp3) is 0.0556. The quantitative estimate of drug-likeness (QED) is 0.116. The third kappa shape index (κ3) is 7.20. The molecule has 0 saturated heterocycles. The summed E-state index contributed by atoms with van der Waals surface area (Å²) in [7, 11) is -4.40. The van der Waals surface area contributed by atoms with Crippen molar-refractivity contribution in [3.8, 4) is 55.6 Å². The van der Waals surface area contributed by atoms with Crippen LogP contribution >= 0.6 is 0 Å². The van der Waals surface area contributed by atoms with Crippen LogP contribution in [0.15, 0.2) is 267 Å². The van der Waals surface area contributed by atoms with Crippen LogP contribution in [0.1, 0.15) is 0 Å². The lowest BCUT2D eigenvalue weighted by atomic mass is 9.86. The van der Waals surface area contributed by atoms with Crippen LogP contribution in [0.25, 0.3) is 77.2 Å². The summed E-state index contributed by atoms with van der Waals surface area (Å²) in [4.78, 5) is 4.97. The Labute approximate surface area is 448 Å². The van der Waals surface area contributed by atoms with E-state index >= 15 is 0 Å². The van der Waals surface area contributed by atoms with Crippen molar-refractivity contribution in [2.75, 3.05) is 9.80 Å². The van der Waals surface area contributed by atoms with Gasteiger partial charge in [0.1, 0.15) is 16.1 Å². The molecule has 0 atom stereocenters. The Morgan fingerprint density at radius 1 is 0.250 bits per heavy atom. The number of benzene rings is 12. The van der Waals surface area contributed by atoms with Gasteiger partial charge in [-0.3, -0.25) is 0 Å². The van der Waals surface area contributed by atoms with Crippen LogP contribution in [0.5, 0.6) is 0 Å². The molecule has 0 aromatic heterocycles. The van der Waals surface area contributed by atoms with E-state index in [1.54, 1.807) is 0 Å². The maximum atomic E-state index is 2.53. The van der Waals surface area contributed by atoms with Gasteiger partial charge < -0.3 is 9.80 Å². The molecule has 0 unspecified atom stereocenters. The summed E-state index contributed by atoms with van der Waals surface area (Å²) >= 11 is 0. The fourth-order valence-electron chi connectivity index (χ4n) is 13.2. The minimum Gasteiger partial charge on any atom is -0.311 e. The Bertz CT molecular complexity index is 3990. The number of hydrogen-bond donors (Lipinski definition) is 0. The Hall–Kier alpha value is -8.81. The predicted octanol–water partition coefficient (Wildman–Crippen LogP) is 17.5. The van der Waals surface area contributed by atoms with Crippen LogP contribution in [-0.4, -0.2) is 16.1 Å². The van der Waals surface area contributed by atoms with Gasteiger partial charge in [0.15, 0.2) is 0 Å². The maximum absolute atomic E-state index is 2.53. The largest absolute Gasteiger partial charge is 0.311 e. The molecular formula is C72H56N2Si2. The summed E-state index contributed by atoms with van der Waals surface area (Å²) in [5.41, 5.74) is 20.0. The molecule has 0 N–H and O–H groups in total. The van der Waals surface area contributed by atoms with Gasteiger partial charge in [0.2, 0.25) is 0 Å². The average molecular weight is 1010 g/mol. The molecule has 12 aromatic rings. The molecule has 2 aliphatic rings. The van der Waals surface area contributed by atoms with Crippen molar-refractivity contribution < 1.29 is 0 Å². The number of hydrogen-bond acceptors (Lipinski definition) is 2. The molecule has 14 rings (SSSR count). The average Bonchev–Trinajstić information content (AvgIpc) is 3.64. The highest BCUT2D eigenvalue weighted by molar-refractivity contribution is 7.04. The first-order valence-corrected chi connectivity index (χ1v) is 32.7. The Morgan fingerprint density at radius 3 is 1.03 bits per heavy atom. The van der Waals surface area contributed by atoms with Crippen molar-refractivity contribution in [3.63, 3.8) is 0 Å². The van der Waals surface area contributed by atoms with Crippen molar-refractivity contribution in [1.29, 1.82) is 0 Å². The van der Waals surface area contributed by atoms with Gasteiger partial charge in [0, 0.05) is 34.1 Å². The van der Waals surface area contributed by atoms with Gasteiger partial charge in [-0.1, -0.05) is 226 Å². The minimum atomic E-state index is -2.20. The summed E-state index contributed by atoms with van der Waals surface area (Å²) < 4.78 is 0. The molecule has 2 aliphatic heterocycles. The highest BCUT2D eigenvalue weighted by atomic mass is 28.3. The molecule has 12 aromatic carbocycles. The second kappa shape index (κ2) is 17.9. The minimum absolute atomic E-state index is 1.18. The van der Waals surface area contributed by atoms with Crippen molar-refractivity contribution in [2.45, 2.75) is 26.2 Å². The number of nitrogens with zero attached hydrogens (tertiary/aromatic N) is 2. The number of para-hydroxylation sites is 4. The van der Waals surface area contributed by atoms with E-state index in [2.05, 4.69) is 303 Å². The van der Waals surface area contributed by atoms with Gasteiger partial charge >= 0.3 is 0 Å². The van der Waals surface area contributed by atoms with E-state index < -0.39 is 16.1 Å². The zero-order valence-electron chi connectivity index (χ0n) is 43.3. The third-order valence-corrected chi connectivity index (χ3v) is 23.6. The lowest BCUT2D eigenvalue weighted by Crippen LogP contribution is -2.59. The molecule has 0 fully saturated rings. The lowest BCUT2D eigenvalue weighted by Gasteiger charge is -2.42. The SMILES string of the molecule is C[Si]1(C)c2ccccc2N(c2ccccc2)c2cccc(-c3cccc(-c4cccc5c(-c6ccccc6)c6cccc(-c7cccc(-c8cccc9c8[Si](C)(C)c8ccccc8N9c8ccccc8)c7)c6cc45)c3)c21. The Kier molecular flexibility index (Phi) is 10.8. The predicted molar refractivity (Wildman–Crippen MR) is 332 cm³/mol. The Morgan fingerprint density at radius 2 is 0.579 bits per heavy atom. The van der Waals surface area contributed by atoms with Crippen molar-refractivity contribution in [1.82, 2.24) is 0 Å². The maximum Gasteiger partial charge on any atom is 0.118 e. The smallest absolute Gasteiger partial charge is 0.118 e. The fourth-order valence-corrected chi connectivity index (χ4v) is 19.9. The van der Waals surface area contributed by atoms with Gasteiger partial charge in [0.05, 0.1) is 0 Å². The first-order chi connectivity index (χ1) is 37.3. The molecule has 76 heavy (non-hydrogen) atoms. The van der Waals surface area contributed by atoms with Crippen molar-refractivity contribution in [2.24, 2.45) is 0 Å². The second-order valence-corrected chi connectivity index (χ2v) is 30.2. The van der Waals surface area contributed by atoms with E-state index in [-0.39, 0.29) is 0 Å². The molecule has 0 radical (unpaired) electrons. The van der Waals surface area contributed by atoms with Crippen LogP contribution in [0.4, 0.5) is 34.1 Å². The van der Waals surface area contributed by atoms with Crippen molar-refractivity contribution >= 4 is 92.6 Å². The summed E-state index contributed by atoms with van der Waals surface area (Å²) in [6.45, 7) is 10.1. The van der Waals surface area contributed by atoms with Gasteiger partial charge in [-0.25, -0.2) is 0 Å². The molecular weight excluding hydrogens is 949 g/mol. The van der Waals surface area contributed by atoms with Crippen molar-refractivity contribution in [3.05, 3.63) is 267 Å². The summed E-state index contributed by atoms with van der Waals surface area (Å²) in [5.74, 6) is 0. The van der Waals surface area contributed by atoms with Crippen LogP contribution < -0.4 is 30.5 Å². The van der Waals surface area contributed by atoms with E-state index in [1.165, 1.54) is 132 Å². The topological polar surface area (TPSA) is 6.48 Å².